The molecule has 1 aliphatic heterocycles. The fraction of sp³-hybridized carbons (Fsp3) is 0.444. The first kappa shape index (κ1) is 26.4. The van der Waals surface area contributed by atoms with Crippen molar-refractivity contribution in [3.63, 3.8) is 0 Å². The lowest BCUT2D eigenvalue weighted by molar-refractivity contribution is -0.234. The zero-order chi connectivity index (χ0) is 24.6. The summed E-state index contributed by atoms with van der Waals surface area (Å²) < 4.78 is 24.0. The molecule has 0 spiro atoms. The molecule has 184 valence electrons. The maximum atomic E-state index is 12.8. The van der Waals surface area contributed by atoms with E-state index in [2.05, 4.69) is 6.58 Å². The molecule has 0 bridgehead atoms. The Morgan fingerprint density at radius 3 is 2.35 bits per heavy atom. The lowest BCUT2D eigenvalue weighted by atomic mass is 9.96. The summed E-state index contributed by atoms with van der Waals surface area (Å²) in [6.07, 6.45) is -1.74. The van der Waals surface area contributed by atoms with Crippen molar-refractivity contribution in [3.05, 3.63) is 78.9 Å². The predicted molar refractivity (Wildman–Crippen MR) is 132 cm³/mol. The maximum absolute atomic E-state index is 12.8. The number of thioether (sulfide) groups is 1. The Labute approximate surface area is 206 Å². The highest BCUT2D eigenvalue weighted by Gasteiger charge is 2.49. The van der Waals surface area contributed by atoms with E-state index in [0.29, 0.717) is 6.61 Å². The summed E-state index contributed by atoms with van der Waals surface area (Å²) in [6.45, 7) is 9.82. The molecule has 0 aliphatic carbocycles. The van der Waals surface area contributed by atoms with Crippen molar-refractivity contribution in [3.8, 4) is 0 Å². The van der Waals surface area contributed by atoms with Gasteiger partial charge in [-0.25, -0.2) is 0 Å². The highest BCUT2D eigenvalue weighted by atomic mass is 32.2. The topological polar surface area (TPSA) is 74.2 Å². The van der Waals surface area contributed by atoms with Crippen LogP contribution in [0.4, 0.5) is 0 Å². The molecular weight excluding hydrogens is 452 g/mol. The summed E-state index contributed by atoms with van der Waals surface area (Å²) in [6, 6.07) is 19.5. The van der Waals surface area contributed by atoms with E-state index >= 15 is 0 Å². The van der Waals surface area contributed by atoms with Crippen molar-refractivity contribution in [2.75, 3.05) is 13.2 Å². The van der Waals surface area contributed by atoms with Crippen molar-refractivity contribution in [2.24, 2.45) is 5.41 Å². The number of ether oxygens (including phenoxy) is 4. The molecule has 0 radical (unpaired) electrons. The van der Waals surface area contributed by atoms with Crippen molar-refractivity contribution >= 4 is 17.7 Å². The Hall–Kier alpha value is -2.16. The average molecular weight is 487 g/mol. The van der Waals surface area contributed by atoms with Crippen molar-refractivity contribution in [2.45, 2.75) is 62.1 Å². The number of carbonyl (C=O) groups is 1. The summed E-state index contributed by atoms with van der Waals surface area (Å²) in [5, 5.41) is 11.2. The number of hydrogen-bond donors (Lipinski definition) is 1. The molecule has 0 aromatic heterocycles. The van der Waals surface area contributed by atoms with Gasteiger partial charge in [-0.05, 0) is 38.5 Å². The Bertz CT molecular complexity index is 898. The van der Waals surface area contributed by atoms with E-state index in [4.69, 9.17) is 18.9 Å². The monoisotopic (exact) mass is 486 g/mol. The van der Waals surface area contributed by atoms with Crippen molar-refractivity contribution < 1.29 is 28.8 Å². The molecule has 1 fully saturated rings. The molecule has 7 heteroatoms. The molecule has 1 heterocycles. The third-order valence-corrected chi connectivity index (χ3v) is 6.43. The second-order valence-electron chi connectivity index (χ2n) is 9.17. The normalized spacial score (nSPS) is 25.0. The van der Waals surface area contributed by atoms with Crippen LogP contribution in [-0.4, -0.2) is 54.1 Å². The van der Waals surface area contributed by atoms with Gasteiger partial charge in [0.25, 0.3) is 0 Å². The highest BCUT2D eigenvalue weighted by Crippen LogP contribution is 2.37. The minimum atomic E-state index is -1.05. The fourth-order valence-electron chi connectivity index (χ4n) is 3.42. The SMILES string of the molecule is C=CCO[C@H]1[C@@H](O)[C@@H](COCc2ccccc2)O[C@@H](Sc2ccccc2)[C@@H]1OC(=O)C(C)(C)C. The second-order valence-corrected chi connectivity index (χ2v) is 10.3. The van der Waals surface area contributed by atoms with Gasteiger partial charge in [0.05, 0.1) is 25.2 Å². The number of carbonyl (C=O) groups excluding carboxylic acids is 1. The van der Waals surface area contributed by atoms with Gasteiger partial charge in [-0.1, -0.05) is 66.4 Å². The van der Waals surface area contributed by atoms with E-state index in [0.717, 1.165) is 10.5 Å². The predicted octanol–water partition coefficient (Wildman–Crippen LogP) is 4.61. The Kier molecular flexibility index (Phi) is 9.74. The van der Waals surface area contributed by atoms with Gasteiger partial charge in [0.15, 0.2) is 6.10 Å². The fourth-order valence-corrected chi connectivity index (χ4v) is 4.54. The Balaban J connectivity index is 1.81. The standard InChI is InChI=1S/C27H34O6S/c1-5-16-31-23-22(28)21(18-30-17-19-12-8-6-9-13-19)32-25(34-20-14-10-7-11-15-20)24(23)33-26(29)27(2,3)4/h5-15,21-25,28H,1,16-18H2,2-4H3/t21-,22+,23+,24-,25+/m1/s1. The average Bonchev–Trinajstić information content (AvgIpc) is 2.82. The molecule has 2 aromatic rings. The van der Waals surface area contributed by atoms with Crippen molar-refractivity contribution in [1.82, 2.24) is 0 Å². The van der Waals surface area contributed by atoms with Crippen LogP contribution in [0.5, 0.6) is 0 Å². The molecule has 1 N–H and O–H groups in total. The summed E-state index contributed by atoms with van der Waals surface area (Å²) in [5.74, 6) is -0.391. The zero-order valence-electron chi connectivity index (χ0n) is 20.0. The van der Waals surface area contributed by atoms with Crippen LogP contribution in [-0.2, 0) is 30.3 Å². The first-order valence-corrected chi connectivity index (χ1v) is 12.3. The number of rotatable bonds is 10. The molecular formula is C27H34O6S. The van der Waals surface area contributed by atoms with Gasteiger partial charge in [-0.3, -0.25) is 4.79 Å². The van der Waals surface area contributed by atoms with Gasteiger partial charge in [0.1, 0.15) is 23.7 Å². The largest absolute Gasteiger partial charge is 0.455 e. The van der Waals surface area contributed by atoms with E-state index in [1.165, 1.54) is 11.8 Å². The lowest BCUT2D eigenvalue weighted by Crippen LogP contribution is -2.60. The van der Waals surface area contributed by atoms with E-state index in [1.807, 2.05) is 60.7 Å². The van der Waals surface area contributed by atoms with Crippen LogP contribution < -0.4 is 0 Å². The smallest absolute Gasteiger partial charge is 0.311 e. The van der Waals surface area contributed by atoms with E-state index in [1.54, 1.807) is 26.8 Å². The van der Waals surface area contributed by atoms with Crippen molar-refractivity contribution in [1.29, 1.82) is 0 Å². The molecule has 2 aromatic carbocycles. The number of hydrogen-bond acceptors (Lipinski definition) is 7. The van der Waals surface area contributed by atoms with Gasteiger partial charge in [0, 0.05) is 4.90 Å². The molecule has 0 unspecified atom stereocenters. The molecule has 5 atom stereocenters. The number of aliphatic hydroxyl groups excluding tert-OH is 1. The lowest BCUT2D eigenvalue weighted by Gasteiger charge is -2.44. The third-order valence-electron chi connectivity index (χ3n) is 5.27. The van der Waals surface area contributed by atoms with Gasteiger partial charge in [0.2, 0.25) is 0 Å². The first-order valence-electron chi connectivity index (χ1n) is 11.4. The van der Waals surface area contributed by atoms with Crippen LogP contribution >= 0.6 is 11.8 Å². The van der Waals surface area contributed by atoms with Crippen LogP contribution in [0.15, 0.2) is 78.2 Å². The number of esters is 1. The van der Waals surface area contributed by atoms with Crippen LogP contribution in [0.2, 0.25) is 0 Å². The summed E-state index contributed by atoms with van der Waals surface area (Å²) >= 11 is 1.43. The van der Waals surface area contributed by atoms with Gasteiger partial charge >= 0.3 is 5.97 Å². The molecule has 0 amide bonds. The molecule has 0 saturated carbocycles. The Morgan fingerprint density at radius 2 is 1.74 bits per heavy atom. The van der Waals surface area contributed by atoms with E-state index < -0.39 is 41.2 Å². The maximum Gasteiger partial charge on any atom is 0.311 e. The van der Waals surface area contributed by atoms with E-state index in [9.17, 15) is 9.90 Å². The molecule has 1 saturated heterocycles. The van der Waals surface area contributed by atoms with E-state index in [-0.39, 0.29) is 13.2 Å². The molecule has 6 nitrogen and oxygen atoms in total. The summed E-state index contributed by atoms with van der Waals surface area (Å²) in [4.78, 5) is 13.7. The van der Waals surface area contributed by atoms with Gasteiger partial charge in [-0.2, -0.15) is 0 Å². The minimum absolute atomic E-state index is 0.162. The molecule has 3 rings (SSSR count). The highest BCUT2D eigenvalue weighted by molar-refractivity contribution is 7.99. The van der Waals surface area contributed by atoms with Crippen LogP contribution in [0.25, 0.3) is 0 Å². The van der Waals surface area contributed by atoms with Crippen LogP contribution in [0.3, 0.4) is 0 Å². The summed E-state index contributed by atoms with van der Waals surface area (Å²) in [5.41, 5.74) is -0.289. The Morgan fingerprint density at radius 1 is 1.09 bits per heavy atom. The molecule has 34 heavy (non-hydrogen) atoms. The number of benzene rings is 2. The quantitative estimate of drug-likeness (QED) is 0.388. The van der Waals surface area contributed by atoms with Gasteiger partial charge < -0.3 is 24.1 Å². The second kappa shape index (κ2) is 12.5. The molecule has 1 aliphatic rings. The van der Waals surface area contributed by atoms with Gasteiger partial charge in [-0.15, -0.1) is 6.58 Å². The van der Waals surface area contributed by atoms with Crippen LogP contribution in [0.1, 0.15) is 26.3 Å². The number of aliphatic hydroxyl groups is 1. The van der Waals surface area contributed by atoms with Crippen LogP contribution in [0, 0.1) is 5.41 Å². The third kappa shape index (κ3) is 7.42. The minimum Gasteiger partial charge on any atom is -0.455 e. The zero-order valence-corrected chi connectivity index (χ0v) is 20.8. The summed E-state index contributed by atoms with van der Waals surface area (Å²) in [7, 11) is 0. The first-order chi connectivity index (χ1) is 16.3.